The molecule has 0 bridgehead atoms. The smallest absolute Gasteiger partial charge is 0.154 e. The molecule has 30 valence electrons. The fourth-order valence-electron chi connectivity index (χ4n) is 0.0632. The predicted molar refractivity (Wildman–Crippen MR) is 17.9 cm³/mol. The number of hydrogen-bond acceptors (Lipinski definition) is 3. The highest BCUT2D eigenvalue weighted by Gasteiger charge is 1.52. The van der Waals surface area contributed by atoms with E-state index in [0.717, 1.165) is 0 Å². The van der Waals surface area contributed by atoms with Crippen LogP contribution in [0, 0.1) is 0 Å². The minimum absolute atomic E-state index is 0.198. The second kappa shape index (κ2) is 3.56. The Morgan fingerprint density at radius 1 is 1.80 bits per heavy atom. The molecule has 3 heteroatoms. The lowest BCUT2D eigenvalue weighted by atomic mass is 11.3. The Morgan fingerprint density at radius 3 is 2.40 bits per heavy atom. The van der Waals surface area contributed by atoms with Crippen LogP contribution >= 0.6 is 0 Å². The highest BCUT2D eigenvalue weighted by Crippen LogP contribution is 1.58. The summed E-state index contributed by atoms with van der Waals surface area (Å²) in [6, 6.07) is 0. The number of rotatable bonds is 1. The Bertz CT molecular complexity index is 34.6. The summed E-state index contributed by atoms with van der Waals surface area (Å²) in [5, 5.41) is 14.2. The van der Waals surface area contributed by atoms with E-state index in [2.05, 4.69) is 10.2 Å². The van der Waals surface area contributed by atoms with E-state index in [0.29, 0.717) is 0 Å². The van der Waals surface area contributed by atoms with Gasteiger partial charge in [0.25, 0.3) is 0 Å². The standard InChI is InChI=1S/C2H6N2O/c1-3-4-2-5/h5H,2H2,1H3. The van der Waals surface area contributed by atoms with Gasteiger partial charge in [-0.3, -0.25) is 0 Å². The van der Waals surface area contributed by atoms with E-state index in [-0.39, 0.29) is 6.73 Å². The topological polar surface area (TPSA) is 45.0 Å². The van der Waals surface area contributed by atoms with E-state index < -0.39 is 0 Å². The lowest BCUT2D eigenvalue weighted by Gasteiger charge is -1.67. The average molecular weight is 74.1 g/mol. The summed E-state index contributed by atoms with van der Waals surface area (Å²) in [7, 11) is 1.51. The first-order valence-corrected chi connectivity index (χ1v) is 1.28. The molecule has 0 aromatic carbocycles. The molecule has 0 rings (SSSR count). The van der Waals surface area contributed by atoms with E-state index >= 15 is 0 Å². The van der Waals surface area contributed by atoms with Crippen molar-refractivity contribution in [3.8, 4) is 0 Å². The molecule has 0 aromatic heterocycles. The zero-order valence-corrected chi connectivity index (χ0v) is 3.05. The highest BCUT2D eigenvalue weighted by atomic mass is 16.3. The molecule has 0 aliphatic carbocycles. The number of aliphatic hydroxyl groups is 1. The third-order valence-corrected chi connectivity index (χ3v) is 0.205. The van der Waals surface area contributed by atoms with Gasteiger partial charge >= 0.3 is 0 Å². The van der Waals surface area contributed by atoms with Gasteiger partial charge in [0, 0.05) is 7.05 Å². The van der Waals surface area contributed by atoms with E-state index in [9.17, 15) is 0 Å². The Kier molecular flexibility index (Phi) is 3.25. The lowest BCUT2D eigenvalue weighted by Crippen LogP contribution is -1.65. The number of hydrogen-bond donors (Lipinski definition) is 1. The minimum Gasteiger partial charge on any atom is -0.373 e. The quantitative estimate of drug-likeness (QED) is 0.438. The second-order valence-corrected chi connectivity index (χ2v) is 0.483. The maximum atomic E-state index is 7.81. The lowest BCUT2D eigenvalue weighted by molar-refractivity contribution is 0.300. The average Bonchev–Trinajstić information content (AvgIpc) is 1.41. The molecule has 0 aliphatic heterocycles. The van der Waals surface area contributed by atoms with Gasteiger partial charge in [-0.25, -0.2) is 0 Å². The molecule has 1 N–H and O–H groups in total. The molecule has 0 heterocycles. The number of aliphatic hydroxyl groups excluding tert-OH is 1. The van der Waals surface area contributed by atoms with Crippen LogP contribution in [0.2, 0.25) is 0 Å². The summed E-state index contributed by atoms with van der Waals surface area (Å²) >= 11 is 0. The minimum atomic E-state index is -0.198. The zero-order valence-electron chi connectivity index (χ0n) is 3.05. The SMILES string of the molecule is CN=NCO. The Hall–Kier alpha value is -0.440. The third kappa shape index (κ3) is 3.56. The van der Waals surface area contributed by atoms with Crippen molar-refractivity contribution in [2.75, 3.05) is 13.8 Å². The predicted octanol–water partition coefficient (Wildman–Crippen LogP) is 0.0182. The molecule has 0 spiro atoms. The van der Waals surface area contributed by atoms with Gasteiger partial charge < -0.3 is 5.11 Å². The summed E-state index contributed by atoms with van der Waals surface area (Å²) < 4.78 is 0. The van der Waals surface area contributed by atoms with Crippen LogP contribution in [0.25, 0.3) is 0 Å². The molecule has 3 nitrogen and oxygen atoms in total. The first-order chi connectivity index (χ1) is 2.41. The van der Waals surface area contributed by atoms with Crippen molar-refractivity contribution in [1.29, 1.82) is 0 Å². The van der Waals surface area contributed by atoms with Crippen LogP contribution in [0.1, 0.15) is 0 Å². The van der Waals surface area contributed by atoms with Crippen molar-refractivity contribution >= 4 is 0 Å². The molecule has 0 atom stereocenters. The van der Waals surface area contributed by atoms with Gasteiger partial charge in [0.2, 0.25) is 0 Å². The van der Waals surface area contributed by atoms with Crippen molar-refractivity contribution in [2.45, 2.75) is 0 Å². The molecule has 0 amide bonds. The molecule has 0 aromatic rings. The van der Waals surface area contributed by atoms with Crippen LogP contribution in [0.15, 0.2) is 10.2 Å². The van der Waals surface area contributed by atoms with Crippen LogP contribution < -0.4 is 0 Å². The van der Waals surface area contributed by atoms with Crippen molar-refractivity contribution in [3.63, 3.8) is 0 Å². The van der Waals surface area contributed by atoms with E-state index in [1.165, 1.54) is 7.05 Å². The third-order valence-electron chi connectivity index (χ3n) is 0.205. The second-order valence-electron chi connectivity index (χ2n) is 0.483. The summed E-state index contributed by atoms with van der Waals surface area (Å²) in [5.41, 5.74) is 0. The van der Waals surface area contributed by atoms with Crippen LogP contribution in [0.3, 0.4) is 0 Å². The van der Waals surface area contributed by atoms with Crippen LogP contribution in [-0.2, 0) is 0 Å². The molecule has 0 saturated heterocycles. The summed E-state index contributed by atoms with van der Waals surface area (Å²) in [6.45, 7) is -0.198. The Morgan fingerprint density at radius 2 is 2.40 bits per heavy atom. The van der Waals surface area contributed by atoms with Gasteiger partial charge in [0.1, 0.15) is 0 Å². The molecular weight excluding hydrogens is 68.0 g/mol. The Balaban J connectivity index is 2.62. The van der Waals surface area contributed by atoms with Gasteiger partial charge in [-0.2, -0.15) is 10.2 Å². The maximum Gasteiger partial charge on any atom is 0.154 e. The van der Waals surface area contributed by atoms with Gasteiger partial charge in [-0.15, -0.1) is 0 Å². The van der Waals surface area contributed by atoms with E-state index in [1.807, 2.05) is 0 Å². The van der Waals surface area contributed by atoms with Crippen molar-refractivity contribution in [2.24, 2.45) is 10.2 Å². The number of nitrogens with zero attached hydrogens (tertiary/aromatic N) is 2. The summed E-state index contributed by atoms with van der Waals surface area (Å²) in [4.78, 5) is 0. The normalized spacial score (nSPS) is 10.0. The molecule has 0 saturated carbocycles. The van der Waals surface area contributed by atoms with Crippen LogP contribution in [0.5, 0.6) is 0 Å². The molecular formula is C2H6N2O. The molecule has 0 radical (unpaired) electrons. The van der Waals surface area contributed by atoms with Gasteiger partial charge in [-0.05, 0) is 0 Å². The highest BCUT2D eigenvalue weighted by molar-refractivity contribution is 4.05. The van der Waals surface area contributed by atoms with E-state index in [1.54, 1.807) is 0 Å². The molecule has 0 aliphatic rings. The van der Waals surface area contributed by atoms with Crippen molar-refractivity contribution in [3.05, 3.63) is 0 Å². The van der Waals surface area contributed by atoms with Crippen LogP contribution in [0.4, 0.5) is 0 Å². The molecule has 0 unspecified atom stereocenters. The van der Waals surface area contributed by atoms with Crippen LogP contribution in [-0.4, -0.2) is 18.9 Å². The molecule has 0 fully saturated rings. The van der Waals surface area contributed by atoms with Crippen molar-refractivity contribution in [1.82, 2.24) is 0 Å². The first kappa shape index (κ1) is 4.56. The number of azo groups is 1. The molecule has 5 heavy (non-hydrogen) atoms. The fourth-order valence-corrected chi connectivity index (χ4v) is 0.0632. The summed E-state index contributed by atoms with van der Waals surface area (Å²) in [5.74, 6) is 0. The maximum absolute atomic E-state index is 7.81. The van der Waals surface area contributed by atoms with Gasteiger partial charge in [0.05, 0.1) is 0 Å². The summed E-state index contributed by atoms with van der Waals surface area (Å²) in [6.07, 6.45) is 0. The first-order valence-electron chi connectivity index (χ1n) is 1.28. The van der Waals surface area contributed by atoms with Gasteiger partial charge in [0.15, 0.2) is 6.73 Å². The Labute approximate surface area is 30.3 Å². The largest absolute Gasteiger partial charge is 0.373 e. The fraction of sp³-hybridized carbons (Fsp3) is 1.00. The van der Waals surface area contributed by atoms with E-state index in [4.69, 9.17) is 5.11 Å². The van der Waals surface area contributed by atoms with Crippen molar-refractivity contribution < 1.29 is 5.11 Å². The monoisotopic (exact) mass is 74.0 g/mol. The van der Waals surface area contributed by atoms with Gasteiger partial charge in [-0.1, -0.05) is 0 Å². The zero-order chi connectivity index (χ0) is 4.12.